The van der Waals surface area contributed by atoms with E-state index >= 15 is 0 Å². The van der Waals surface area contributed by atoms with E-state index in [4.69, 9.17) is 11.6 Å². The van der Waals surface area contributed by atoms with Crippen molar-refractivity contribution in [2.75, 3.05) is 5.33 Å². The summed E-state index contributed by atoms with van der Waals surface area (Å²) in [6, 6.07) is 1.93. The van der Waals surface area contributed by atoms with Gasteiger partial charge >= 0.3 is 6.18 Å². The average molecular weight is 427 g/mol. The number of hydrogen-bond donors (Lipinski definition) is 0. The number of carbonyl (C=O) groups is 1. The zero-order valence-electron chi connectivity index (χ0n) is 7.54. The van der Waals surface area contributed by atoms with Crippen LogP contribution in [-0.2, 0) is 6.18 Å². The molecular weight excluding hydrogens is 423 g/mol. The van der Waals surface area contributed by atoms with Gasteiger partial charge in [-0.3, -0.25) is 4.79 Å². The Hall–Kier alpha value is 0.180. The third-order valence-electron chi connectivity index (χ3n) is 1.79. The van der Waals surface area contributed by atoms with E-state index in [0.29, 0.717) is 0 Å². The third kappa shape index (κ3) is 3.10. The van der Waals surface area contributed by atoms with Crippen LogP contribution in [-0.4, -0.2) is 11.1 Å². The van der Waals surface area contributed by atoms with Crippen molar-refractivity contribution >= 4 is 55.9 Å². The van der Waals surface area contributed by atoms with Crippen LogP contribution in [0.5, 0.6) is 0 Å². The summed E-state index contributed by atoms with van der Waals surface area (Å²) >= 11 is 10.2. The minimum atomic E-state index is -4.56. The number of benzene rings is 1. The minimum absolute atomic E-state index is 0.137. The maximum absolute atomic E-state index is 12.6. The Morgan fingerprint density at radius 3 is 2.44 bits per heavy atom. The third-order valence-corrected chi connectivity index (χ3v) is 3.82. The highest BCUT2D eigenvalue weighted by molar-refractivity contribution is 14.1. The topological polar surface area (TPSA) is 17.1 Å². The van der Waals surface area contributed by atoms with Crippen molar-refractivity contribution in [2.24, 2.45) is 0 Å². The molecule has 0 aliphatic carbocycles. The standard InChI is InChI=1S/C9H4BrClF3IO/c10-3-8(16)4-1-6(11)7(15)2-5(4)9(12,13)14/h1-2H,3H2. The lowest BCUT2D eigenvalue weighted by Crippen LogP contribution is -2.14. The Morgan fingerprint density at radius 1 is 1.44 bits per heavy atom. The SMILES string of the molecule is O=C(CBr)c1cc(Cl)c(I)cc1C(F)(F)F. The predicted octanol–water partition coefficient (Wildman–Crippen LogP) is 4.54. The summed E-state index contributed by atoms with van der Waals surface area (Å²) in [6.45, 7) is 0. The van der Waals surface area contributed by atoms with Crippen molar-refractivity contribution in [3.63, 3.8) is 0 Å². The molecule has 0 unspecified atom stereocenters. The maximum Gasteiger partial charge on any atom is 0.417 e. The average Bonchev–Trinajstić information content (AvgIpc) is 2.18. The second kappa shape index (κ2) is 5.22. The summed E-state index contributed by atoms with van der Waals surface area (Å²) in [5.74, 6) is -0.648. The van der Waals surface area contributed by atoms with Gasteiger partial charge < -0.3 is 0 Å². The number of rotatable bonds is 2. The van der Waals surface area contributed by atoms with E-state index < -0.39 is 23.1 Å². The first-order valence-corrected chi connectivity index (χ1v) is 6.50. The summed E-state index contributed by atoms with van der Waals surface area (Å²) in [7, 11) is 0. The molecule has 1 rings (SSSR count). The maximum atomic E-state index is 12.6. The number of alkyl halides is 4. The van der Waals surface area contributed by atoms with E-state index in [1.54, 1.807) is 22.6 Å². The van der Waals surface area contributed by atoms with Crippen LogP contribution in [0.4, 0.5) is 13.2 Å². The number of carbonyl (C=O) groups excluding carboxylic acids is 1. The van der Waals surface area contributed by atoms with E-state index in [0.717, 1.165) is 12.1 Å². The molecule has 1 aromatic rings. The first-order valence-electron chi connectivity index (χ1n) is 3.92. The molecule has 0 fully saturated rings. The summed E-state index contributed by atoms with van der Waals surface area (Å²) in [5.41, 5.74) is -1.36. The van der Waals surface area contributed by atoms with Crippen molar-refractivity contribution in [2.45, 2.75) is 6.18 Å². The molecule has 0 amide bonds. The molecule has 0 saturated carbocycles. The van der Waals surface area contributed by atoms with Crippen LogP contribution >= 0.6 is 50.1 Å². The van der Waals surface area contributed by atoms with E-state index in [2.05, 4.69) is 15.9 Å². The Labute approximate surface area is 117 Å². The Kier molecular flexibility index (Phi) is 4.65. The van der Waals surface area contributed by atoms with Crippen LogP contribution < -0.4 is 0 Å². The smallest absolute Gasteiger partial charge is 0.293 e. The van der Waals surface area contributed by atoms with Crippen LogP contribution in [0.1, 0.15) is 15.9 Å². The number of ketones is 1. The van der Waals surface area contributed by atoms with Crippen molar-refractivity contribution in [1.82, 2.24) is 0 Å². The molecule has 1 aromatic carbocycles. The molecule has 7 heteroatoms. The second-order valence-corrected chi connectivity index (χ2v) is 5.00. The molecule has 0 radical (unpaired) electrons. The second-order valence-electron chi connectivity index (χ2n) is 2.87. The molecule has 0 aromatic heterocycles. The fraction of sp³-hybridized carbons (Fsp3) is 0.222. The van der Waals surface area contributed by atoms with Gasteiger partial charge in [0.25, 0.3) is 0 Å². The number of Topliss-reactive ketones (excluding diaryl/α,β-unsaturated/α-hetero) is 1. The molecule has 1 nitrogen and oxygen atoms in total. The fourth-order valence-corrected chi connectivity index (χ4v) is 2.02. The van der Waals surface area contributed by atoms with Gasteiger partial charge in [-0.2, -0.15) is 13.2 Å². The molecule has 0 atom stereocenters. The van der Waals surface area contributed by atoms with Crippen molar-refractivity contribution in [3.8, 4) is 0 Å². The molecule has 16 heavy (non-hydrogen) atoms. The van der Waals surface area contributed by atoms with Crippen molar-refractivity contribution in [1.29, 1.82) is 0 Å². The van der Waals surface area contributed by atoms with E-state index in [9.17, 15) is 18.0 Å². The molecule has 0 heterocycles. The van der Waals surface area contributed by atoms with E-state index in [1.165, 1.54) is 0 Å². The molecule has 0 spiro atoms. The van der Waals surface area contributed by atoms with Gasteiger partial charge in [0.05, 0.1) is 15.9 Å². The molecular formula is C9H4BrClF3IO. The van der Waals surface area contributed by atoms with Gasteiger partial charge in [0, 0.05) is 9.13 Å². The summed E-state index contributed by atoms with van der Waals surface area (Å²) in [4.78, 5) is 11.3. The molecule has 88 valence electrons. The zero-order chi connectivity index (χ0) is 12.5. The quantitative estimate of drug-likeness (QED) is 0.385. The van der Waals surface area contributed by atoms with E-state index in [-0.39, 0.29) is 13.9 Å². The van der Waals surface area contributed by atoms with Crippen LogP contribution in [0, 0.1) is 3.57 Å². The first kappa shape index (κ1) is 14.2. The lowest BCUT2D eigenvalue weighted by molar-refractivity contribution is -0.137. The van der Waals surface area contributed by atoms with Crippen LogP contribution in [0.2, 0.25) is 5.02 Å². The molecule has 0 N–H and O–H groups in total. The highest BCUT2D eigenvalue weighted by Gasteiger charge is 2.35. The van der Waals surface area contributed by atoms with Gasteiger partial charge in [-0.1, -0.05) is 27.5 Å². The van der Waals surface area contributed by atoms with Gasteiger partial charge in [-0.05, 0) is 34.7 Å². The minimum Gasteiger partial charge on any atom is -0.293 e. The Bertz CT molecular complexity index is 433. The summed E-state index contributed by atoms with van der Waals surface area (Å²) < 4.78 is 38.2. The highest BCUT2D eigenvalue weighted by atomic mass is 127. The Balaban J connectivity index is 3.45. The normalized spacial score (nSPS) is 11.6. The number of hydrogen-bond acceptors (Lipinski definition) is 1. The van der Waals surface area contributed by atoms with Gasteiger partial charge in [-0.15, -0.1) is 0 Å². The molecule has 0 aliphatic rings. The largest absolute Gasteiger partial charge is 0.417 e. The van der Waals surface area contributed by atoms with Crippen LogP contribution in [0.3, 0.4) is 0 Å². The molecule has 0 bridgehead atoms. The van der Waals surface area contributed by atoms with Crippen LogP contribution in [0.25, 0.3) is 0 Å². The molecule has 0 aliphatic heterocycles. The monoisotopic (exact) mass is 426 g/mol. The Morgan fingerprint density at radius 2 is 2.00 bits per heavy atom. The summed E-state index contributed by atoms with van der Waals surface area (Å²) in [6.07, 6.45) is -4.56. The lowest BCUT2D eigenvalue weighted by Gasteiger charge is -2.12. The van der Waals surface area contributed by atoms with E-state index in [1.807, 2.05) is 0 Å². The molecule has 0 saturated heterocycles. The lowest BCUT2D eigenvalue weighted by atomic mass is 10.0. The van der Waals surface area contributed by atoms with Gasteiger partial charge in [0.2, 0.25) is 0 Å². The number of halogens is 6. The summed E-state index contributed by atoms with van der Waals surface area (Å²) in [5, 5.41) is -0.0367. The van der Waals surface area contributed by atoms with Crippen LogP contribution in [0.15, 0.2) is 12.1 Å². The van der Waals surface area contributed by atoms with Gasteiger partial charge in [0.15, 0.2) is 5.78 Å². The van der Waals surface area contributed by atoms with Gasteiger partial charge in [-0.25, -0.2) is 0 Å². The fourth-order valence-electron chi connectivity index (χ4n) is 1.08. The zero-order valence-corrected chi connectivity index (χ0v) is 12.0. The first-order chi connectivity index (χ1) is 7.27. The predicted molar refractivity (Wildman–Crippen MR) is 67.3 cm³/mol. The van der Waals surface area contributed by atoms with Crippen molar-refractivity contribution in [3.05, 3.63) is 31.9 Å². The highest BCUT2D eigenvalue weighted by Crippen LogP contribution is 2.35. The van der Waals surface area contributed by atoms with Crippen molar-refractivity contribution < 1.29 is 18.0 Å². The van der Waals surface area contributed by atoms with Gasteiger partial charge in [0.1, 0.15) is 0 Å².